The van der Waals surface area contributed by atoms with E-state index in [2.05, 4.69) is 10.2 Å². The van der Waals surface area contributed by atoms with Crippen LogP contribution in [0.1, 0.15) is 26.7 Å². The SMILES string of the molecule is CCOC(=O)C1CCN(C(=O)C(C)Sc2nnc(-c3ccc(OC)cc3)n2C)CC1. The largest absolute Gasteiger partial charge is 0.497 e. The molecule has 1 aromatic heterocycles. The molecule has 0 saturated carbocycles. The Balaban J connectivity index is 1.59. The Kier molecular flexibility index (Phi) is 7.36. The zero-order valence-corrected chi connectivity index (χ0v) is 18.6. The Morgan fingerprint density at radius 3 is 2.47 bits per heavy atom. The van der Waals surface area contributed by atoms with Crippen molar-refractivity contribution in [2.45, 2.75) is 37.1 Å². The number of rotatable bonds is 7. The van der Waals surface area contributed by atoms with Crippen LogP contribution in [0.5, 0.6) is 5.75 Å². The normalized spacial score (nSPS) is 15.7. The van der Waals surface area contributed by atoms with Crippen molar-refractivity contribution in [3.63, 3.8) is 0 Å². The van der Waals surface area contributed by atoms with Crippen LogP contribution in [0.15, 0.2) is 29.4 Å². The van der Waals surface area contributed by atoms with Gasteiger partial charge in [-0.25, -0.2) is 0 Å². The summed E-state index contributed by atoms with van der Waals surface area (Å²) in [6.07, 6.45) is 1.29. The van der Waals surface area contributed by atoms with Gasteiger partial charge in [-0.05, 0) is 51.0 Å². The minimum Gasteiger partial charge on any atom is -0.497 e. The molecular weight excluding hydrogens is 404 g/mol. The van der Waals surface area contributed by atoms with E-state index in [0.29, 0.717) is 37.7 Å². The molecule has 1 fully saturated rings. The van der Waals surface area contributed by atoms with Gasteiger partial charge in [0, 0.05) is 25.7 Å². The van der Waals surface area contributed by atoms with Crippen LogP contribution in [0.3, 0.4) is 0 Å². The number of carbonyl (C=O) groups excluding carboxylic acids is 2. The summed E-state index contributed by atoms with van der Waals surface area (Å²) >= 11 is 1.39. The number of benzene rings is 1. The average molecular weight is 433 g/mol. The van der Waals surface area contributed by atoms with Crippen LogP contribution < -0.4 is 4.74 Å². The van der Waals surface area contributed by atoms with Gasteiger partial charge in [0.15, 0.2) is 11.0 Å². The van der Waals surface area contributed by atoms with Crippen LogP contribution in [-0.4, -0.2) is 63.6 Å². The van der Waals surface area contributed by atoms with Crippen LogP contribution in [-0.2, 0) is 21.4 Å². The van der Waals surface area contributed by atoms with Crippen molar-refractivity contribution in [1.82, 2.24) is 19.7 Å². The number of ether oxygens (including phenoxy) is 2. The van der Waals surface area contributed by atoms with Gasteiger partial charge in [0.1, 0.15) is 5.75 Å². The first-order valence-corrected chi connectivity index (χ1v) is 11.0. The molecule has 0 aliphatic carbocycles. The van der Waals surface area contributed by atoms with Crippen molar-refractivity contribution in [2.75, 3.05) is 26.8 Å². The third kappa shape index (κ3) is 4.95. The number of esters is 1. The lowest BCUT2D eigenvalue weighted by Gasteiger charge is -2.32. The van der Waals surface area contributed by atoms with Crippen LogP contribution in [0, 0.1) is 5.92 Å². The molecule has 1 atom stereocenters. The topological polar surface area (TPSA) is 86.6 Å². The van der Waals surface area contributed by atoms with E-state index in [1.165, 1.54) is 11.8 Å². The molecule has 9 heteroatoms. The van der Waals surface area contributed by atoms with Gasteiger partial charge in [-0.1, -0.05) is 11.8 Å². The molecule has 2 heterocycles. The third-order valence-electron chi connectivity index (χ3n) is 5.24. The number of aromatic nitrogens is 3. The van der Waals surface area contributed by atoms with Gasteiger partial charge in [-0.3, -0.25) is 9.59 Å². The first kappa shape index (κ1) is 22.1. The number of likely N-dealkylation sites (tertiary alicyclic amines) is 1. The Morgan fingerprint density at radius 2 is 1.87 bits per heavy atom. The molecule has 3 rings (SSSR count). The lowest BCUT2D eigenvalue weighted by atomic mass is 9.97. The summed E-state index contributed by atoms with van der Waals surface area (Å²) in [5, 5.41) is 8.95. The number of amides is 1. The molecule has 1 saturated heterocycles. The molecule has 1 aliphatic rings. The molecule has 0 radical (unpaired) electrons. The average Bonchev–Trinajstić information content (AvgIpc) is 3.13. The molecule has 162 valence electrons. The number of piperidine rings is 1. The van der Waals surface area contributed by atoms with Gasteiger partial charge in [0.05, 0.1) is 24.9 Å². The van der Waals surface area contributed by atoms with E-state index in [1.54, 1.807) is 7.11 Å². The van der Waals surface area contributed by atoms with E-state index in [0.717, 1.165) is 17.1 Å². The third-order valence-corrected chi connectivity index (χ3v) is 6.36. The fourth-order valence-electron chi connectivity index (χ4n) is 3.47. The van der Waals surface area contributed by atoms with Gasteiger partial charge < -0.3 is 18.9 Å². The number of methoxy groups -OCH3 is 1. The van der Waals surface area contributed by atoms with E-state index in [4.69, 9.17) is 9.47 Å². The van der Waals surface area contributed by atoms with Gasteiger partial charge in [-0.15, -0.1) is 10.2 Å². The van der Waals surface area contributed by atoms with E-state index >= 15 is 0 Å². The van der Waals surface area contributed by atoms with Gasteiger partial charge in [0.2, 0.25) is 5.91 Å². The molecule has 1 aliphatic heterocycles. The summed E-state index contributed by atoms with van der Waals surface area (Å²) in [5.41, 5.74) is 0.928. The van der Waals surface area contributed by atoms with Gasteiger partial charge in [-0.2, -0.15) is 0 Å². The molecule has 1 unspecified atom stereocenters. The lowest BCUT2D eigenvalue weighted by molar-refractivity contribution is -0.151. The van der Waals surface area contributed by atoms with Gasteiger partial charge >= 0.3 is 5.97 Å². The van der Waals surface area contributed by atoms with Crippen molar-refractivity contribution in [3.05, 3.63) is 24.3 Å². The highest BCUT2D eigenvalue weighted by atomic mass is 32.2. The van der Waals surface area contributed by atoms with Crippen molar-refractivity contribution in [2.24, 2.45) is 13.0 Å². The Labute approximate surface area is 180 Å². The van der Waals surface area contributed by atoms with Crippen LogP contribution in [0.25, 0.3) is 11.4 Å². The Morgan fingerprint density at radius 1 is 1.20 bits per heavy atom. The molecule has 8 nitrogen and oxygen atoms in total. The summed E-state index contributed by atoms with van der Waals surface area (Å²) in [5.74, 6) is 1.30. The van der Waals surface area contributed by atoms with Crippen molar-refractivity contribution in [3.8, 4) is 17.1 Å². The summed E-state index contributed by atoms with van der Waals surface area (Å²) in [6.45, 7) is 5.22. The highest BCUT2D eigenvalue weighted by Crippen LogP contribution is 2.28. The summed E-state index contributed by atoms with van der Waals surface area (Å²) in [7, 11) is 3.52. The maximum Gasteiger partial charge on any atom is 0.309 e. The summed E-state index contributed by atoms with van der Waals surface area (Å²) < 4.78 is 12.2. The highest BCUT2D eigenvalue weighted by molar-refractivity contribution is 8.00. The van der Waals surface area contributed by atoms with Crippen molar-refractivity contribution in [1.29, 1.82) is 0 Å². The summed E-state index contributed by atoms with van der Waals surface area (Å²) in [4.78, 5) is 26.6. The lowest BCUT2D eigenvalue weighted by Crippen LogP contribution is -2.43. The zero-order valence-electron chi connectivity index (χ0n) is 17.8. The number of carbonyl (C=O) groups is 2. The van der Waals surface area contributed by atoms with Crippen LogP contribution in [0.2, 0.25) is 0 Å². The summed E-state index contributed by atoms with van der Waals surface area (Å²) in [6, 6.07) is 7.62. The second-order valence-electron chi connectivity index (χ2n) is 7.21. The minimum atomic E-state index is -0.296. The smallest absolute Gasteiger partial charge is 0.309 e. The van der Waals surface area contributed by atoms with Crippen molar-refractivity contribution < 1.29 is 19.1 Å². The first-order chi connectivity index (χ1) is 14.4. The quantitative estimate of drug-likeness (QED) is 0.491. The van der Waals surface area contributed by atoms with E-state index in [1.807, 2.05) is 54.6 Å². The van der Waals surface area contributed by atoms with E-state index in [9.17, 15) is 9.59 Å². The van der Waals surface area contributed by atoms with E-state index < -0.39 is 0 Å². The fourth-order valence-corrected chi connectivity index (χ4v) is 4.37. The second-order valence-corrected chi connectivity index (χ2v) is 8.51. The minimum absolute atomic E-state index is 0.0521. The van der Waals surface area contributed by atoms with Crippen LogP contribution in [0.4, 0.5) is 0 Å². The molecule has 2 aromatic rings. The first-order valence-electron chi connectivity index (χ1n) is 10.1. The highest BCUT2D eigenvalue weighted by Gasteiger charge is 2.31. The monoisotopic (exact) mass is 432 g/mol. The number of hydrogen-bond donors (Lipinski definition) is 0. The second kappa shape index (κ2) is 9.97. The molecular formula is C21H28N4O4S. The maximum atomic E-state index is 12.9. The standard InChI is InChI=1S/C21H28N4O4S/c1-5-29-20(27)16-10-12-25(13-11-16)19(26)14(2)30-21-23-22-18(24(21)3)15-6-8-17(28-4)9-7-15/h6-9,14,16H,5,10-13H2,1-4H3. The molecule has 0 spiro atoms. The maximum absolute atomic E-state index is 12.9. The fraction of sp³-hybridized carbons (Fsp3) is 0.524. The molecule has 1 aromatic carbocycles. The molecule has 0 N–H and O–H groups in total. The molecule has 0 bridgehead atoms. The number of thioether (sulfide) groups is 1. The number of hydrogen-bond acceptors (Lipinski definition) is 7. The van der Waals surface area contributed by atoms with Crippen LogP contribution >= 0.6 is 11.8 Å². The van der Waals surface area contributed by atoms with Gasteiger partial charge in [0.25, 0.3) is 0 Å². The Hall–Kier alpha value is -2.55. The zero-order chi connectivity index (χ0) is 21.7. The van der Waals surface area contributed by atoms with Crippen molar-refractivity contribution >= 4 is 23.6 Å². The molecule has 30 heavy (non-hydrogen) atoms. The predicted molar refractivity (Wildman–Crippen MR) is 114 cm³/mol. The number of nitrogens with zero attached hydrogens (tertiary/aromatic N) is 4. The predicted octanol–water partition coefficient (Wildman–Crippen LogP) is 2.77. The van der Waals surface area contributed by atoms with E-state index in [-0.39, 0.29) is 23.0 Å². The Bertz CT molecular complexity index is 876. The molecule has 1 amide bonds.